The van der Waals surface area contributed by atoms with Crippen LogP contribution < -0.4 is 5.73 Å². The minimum absolute atomic E-state index is 0.0551. The average molecular weight is 537 g/mol. The quantitative estimate of drug-likeness (QED) is 0.231. The van der Waals surface area contributed by atoms with Gasteiger partial charge in [0.25, 0.3) is 0 Å². The summed E-state index contributed by atoms with van der Waals surface area (Å²) in [7, 11) is -16.9. The second-order valence-corrected chi connectivity index (χ2v) is 14.5. The van der Waals surface area contributed by atoms with Gasteiger partial charge >= 0.3 is 162 Å². The number of nitrogens with zero attached hydrogens (tertiary/aromatic N) is 2. The number of phosphoric ester groups is 1. The molecule has 2 aromatic rings. The van der Waals surface area contributed by atoms with Gasteiger partial charge in [-0.25, -0.2) is 4.98 Å². The molecule has 1 fully saturated rings. The summed E-state index contributed by atoms with van der Waals surface area (Å²) in [4.78, 5) is 55.0. The van der Waals surface area contributed by atoms with Crippen molar-refractivity contribution in [2.45, 2.75) is 31.2 Å². The number of aromatic nitrogens is 2. The Morgan fingerprint density at radius 1 is 1.31 bits per heavy atom. The van der Waals surface area contributed by atoms with Crippen molar-refractivity contribution in [2.24, 2.45) is 0 Å². The normalized spacial score (nSPS) is 29.3. The number of nitrogens with two attached hydrogens (primary N) is 1. The van der Waals surface area contributed by atoms with E-state index in [0.717, 1.165) is 0 Å². The topological polar surface area (TPSA) is 244 Å². The first-order valence-electron chi connectivity index (χ1n) is 8.69. The summed E-state index contributed by atoms with van der Waals surface area (Å²) in [5, 5.41) is 13.1. The van der Waals surface area contributed by atoms with Crippen molar-refractivity contribution < 1.29 is 56.6 Å². The van der Waals surface area contributed by atoms with Crippen LogP contribution in [-0.4, -0.2) is 64.5 Å². The van der Waals surface area contributed by atoms with E-state index in [1.54, 1.807) is 5.38 Å². The second kappa shape index (κ2) is 8.22. The van der Waals surface area contributed by atoms with Crippen LogP contribution >= 0.6 is 34.5 Å². The van der Waals surface area contributed by atoms with Crippen LogP contribution in [0.1, 0.15) is 24.3 Å². The van der Waals surface area contributed by atoms with E-state index in [-0.39, 0.29) is 12.2 Å². The molecule has 0 radical (unpaired) electrons. The monoisotopic (exact) mass is 537 g/mol. The van der Waals surface area contributed by atoms with Gasteiger partial charge in [0, 0.05) is 0 Å². The summed E-state index contributed by atoms with van der Waals surface area (Å²) in [6.45, 7) is 1.11. The van der Waals surface area contributed by atoms with Crippen LogP contribution in [-0.2, 0) is 27.0 Å². The van der Waals surface area contributed by atoms with E-state index >= 15 is 0 Å². The molecule has 0 aromatic carbocycles. The molecule has 1 aliphatic heterocycles. The number of thiophene rings is 1. The predicted octanol–water partition coefficient (Wildman–Crippen LogP) is 0.925. The zero-order valence-electron chi connectivity index (χ0n) is 16.6. The van der Waals surface area contributed by atoms with E-state index < -0.39 is 47.6 Å². The first-order chi connectivity index (χ1) is 14.3. The van der Waals surface area contributed by atoms with Gasteiger partial charge in [-0.1, -0.05) is 0 Å². The van der Waals surface area contributed by atoms with Gasteiger partial charge in [-0.15, -0.1) is 0 Å². The first kappa shape index (κ1) is 25.9. The summed E-state index contributed by atoms with van der Waals surface area (Å²) >= 11 is 1.22. The van der Waals surface area contributed by atoms with Crippen molar-refractivity contribution in [1.29, 1.82) is 0 Å². The SMILES string of the molecule is CC1(O)CC(COP(=O)(O)OP(=O)(O)OP(C)(O)(O)O)OC1c1scc2c(N)ncnc12. The molecule has 0 aliphatic carbocycles. The van der Waals surface area contributed by atoms with Crippen LogP contribution in [0.4, 0.5) is 5.82 Å². The van der Waals surface area contributed by atoms with Crippen molar-refractivity contribution >= 4 is 51.2 Å². The molecule has 3 rings (SSSR count). The van der Waals surface area contributed by atoms with Crippen molar-refractivity contribution in [1.82, 2.24) is 9.97 Å². The first-order valence-corrected chi connectivity index (χ1v) is 15.0. The van der Waals surface area contributed by atoms with Crippen molar-refractivity contribution in [2.75, 3.05) is 19.0 Å². The third kappa shape index (κ3) is 6.47. The average Bonchev–Trinajstić information content (AvgIpc) is 3.10. The molecular weight excluding hydrogens is 515 g/mol. The molecule has 5 unspecified atom stereocenters. The van der Waals surface area contributed by atoms with Crippen LogP contribution in [0.5, 0.6) is 0 Å². The second-order valence-electron chi connectivity index (χ2n) is 7.51. The maximum atomic E-state index is 12.0. The number of ether oxygens (including phenoxy) is 1. The summed E-state index contributed by atoms with van der Waals surface area (Å²) in [6.07, 6.45) is -0.646. The van der Waals surface area contributed by atoms with Crippen LogP contribution in [0.15, 0.2) is 11.7 Å². The Labute approximate surface area is 184 Å². The van der Waals surface area contributed by atoms with Crippen LogP contribution in [0.2, 0.25) is 0 Å². The molecule has 32 heavy (non-hydrogen) atoms. The predicted molar refractivity (Wildman–Crippen MR) is 112 cm³/mol. The third-order valence-corrected chi connectivity index (χ3v) is 9.64. The Hall–Kier alpha value is -0.670. The molecule has 2 aromatic heterocycles. The molecule has 19 heteroatoms. The molecule has 0 spiro atoms. The van der Waals surface area contributed by atoms with Crippen molar-refractivity contribution in [3.05, 3.63) is 16.6 Å². The van der Waals surface area contributed by atoms with E-state index in [0.29, 0.717) is 22.4 Å². The van der Waals surface area contributed by atoms with Gasteiger partial charge < -0.3 is 5.73 Å². The molecule has 182 valence electrons. The van der Waals surface area contributed by atoms with Crippen LogP contribution in [0.3, 0.4) is 0 Å². The van der Waals surface area contributed by atoms with Gasteiger partial charge in [0.2, 0.25) is 0 Å². The third-order valence-electron chi connectivity index (χ3n) is 4.15. The Kier molecular flexibility index (Phi) is 6.67. The molecule has 15 nitrogen and oxygen atoms in total. The molecule has 3 heterocycles. The summed E-state index contributed by atoms with van der Waals surface area (Å²) in [6, 6.07) is 0. The Bertz CT molecular complexity index is 1110. The van der Waals surface area contributed by atoms with Gasteiger partial charge in [-0.3, -0.25) is 0 Å². The molecule has 5 atom stereocenters. The Morgan fingerprint density at radius 2 is 1.97 bits per heavy atom. The Balaban J connectivity index is 1.68. The number of phosphoric acid groups is 2. The molecule has 0 bridgehead atoms. The number of hydrogen-bond acceptors (Lipinski definition) is 14. The van der Waals surface area contributed by atoms with E-state index in [1.165, 1.54) is 24.6 Å². The molecule has 1 aliphatic rings. The van der Waals surface area contributed by atoms with Crippen LogP contribution in [0.25, 0.3) is 10.9 Å². The number of rotatable bonds is 8. The number of anilines is 1. The van der Waals surface area contributed by atoms with Crippen molar-refractivity contribution in [3.63, 3.8) is 0 Å². The summed E-state index contributed by atoms with van der Waals surface area (Å²) in [5.74, 6) is 0.249. The molecule has 8 N–H and O–H groups in total. The minimum atomic E-state index is -6.00. The number of nitrogen functional groups attached to an aromatic ring is 1. The fourth-order valence-electron chi connectivity index (χ4n) is 3.07. The van der Waals surface area contributed by atoms with Crippen LogP contribution in [0, 0.1) is 0 Å². The van der Waals surface area contributed by atoms with Crippen molar-refractivity contribution in [3.8, 4) is 0 Å². The van der Waals surface area contributed by atoms with E-state index in [2.05, 4.69) is 23.1 Å². The maximum absolute atomic E-state index is 12.0. The Morgan fingerprint density at radius 3 is 2.59 bits per heavy atom. The molecule has 0 amide bonds. The zero-order chi connectivity index (χ0) is 24.2. The fourth-order valence-corrected chi connectivity index (χ4v) is 8.16. The molecule has 1 saturated heterocycles. The van der Waals surface area contributed by atoms with E-state index in [1.807, 2.05) is 0 Å². The molecular formula is C13H22N3O12P3S. The zero-order valence-corrected chi connectivity index (χ0v) is 20.1. The van der Waals surface area contributed by atoms with Gasteiger partial charge in [0.1, 0.15) is 12.1 Å². The fraction of sp³-hybridized carbons (Fsp3) is 0.538. The number of aliphatic hydroxyl groups is 1. The number of fused-ring (bicyclic) bond motifs is 1. The van der Waals surface area contributed by atoms with Gasteiger partial charge in [-0.2, -0.15) is 0 Å². The number of hydrogen-bond donors (Lipinski definition) is 7. The molecule has 0 saturated carbocycles. The van der Waals surface area contributed by atoms with E-state index in [9.17, 15) is 24.0 Å². The standard InChI is InChI=1S/C13H22N3O12P3S/c1-13(17)3-7(4-25-29(18,19)27-30(20,21)28-31(2,22,23)24)26-11(13)10-9-8(5-32-10)12(14)16-6-15-9/h5-7,11,17,22-24H,3-4H2,1-2H3,(H,18,19)(H,20,21)(H2,14,15,16). The summed E-state index contributed by atoms with van der Waals surface area (Å²) < 4.78 is 41.7. The van der Waals surface area contributed by atoms with Gasteiger partial charge in [0.05, 0.1) is 0 Å². The summed E-state index contributed by atoms with van der Waals surface area (Å²) in [5.41, 5.74) is 4.85. The van der Waals surface area contributed by atoms with Gasteiger partial charge in [-0.05, 0) is 0 Å². The van der Waals surface area contributed by atoms with E-state index in [4.69, 9.17) is 25.2 Å². The van der Waals surface area contributed by atoms with Gasteiger partial charge in [0.15, 0.2) is 0 Å².